The summed E-state index contributed by atoms with van der Waals surface area (Å²) in [5.74, 6) is -0.643. The molecule has 0 amide bonds. The number of anilines is 1. The van der Waals surface area contributed by atoms with Gasteiger partial charge in [-0.2, -0.15) is 0 Å². The van der Waals surface area contributed by atoms with Gasteiger partial charge in [0.15, 0.2) is 6.29 Å². The van der Waals surface area contributed by atoms with Crippen LogP contribution in [0.15, 0.2) is 30.1 Å². The Labute approximate surface area is 99.5 Å². The lowest BCUT2D eigenvalue weighted by atomic mass is 10.3. The molecule has 1 aromatic rings. The standard InChI is InChI=1S/C12H14N2O3/c1-3-17-12(16)10(8-15)6-14-11-5-4-9(2)13-7-11/h4-8,14H,3H2,1-2H3/b10-6+. The topological polar surface area (TPSA) is 68.3 Å². The highest BCUT2D eigenvalue weighted by molar-refractivity contribution is 6.07. The molecule has 1 N–H and O–H groups in total. The minimum Gasteiger partial charge on any atom is -0.462 e. The van der Waals surface area contributed by atoms with Crippen LogP contribution in [0.5, 0.6) is 0 Å². The van der Waals surface area contributed by atoms with Crippen molar-refractivity contribution in [3.63, 3.8) is 0 Å². The summed E-state index contributed by atoms with van der Waals surface area (Å²) in [6.45, 7) is 3.78. The molecule has 1 rings (SSSR count). The molecule has 90 valence electrons. The van der Waals surface area contributed by atoms with Crippen LogP contribution in [-0.2, 0) is 14.3 Å². The van der Waals surface area contributed by atoms with E-state index in [9.17, 15) is 9.59 Å². The van der Waals surface area contributed by atoms with E-state index in [1.54, 1.807) is 19.2 Å². The highest BCUT2D eigenvalue weighted by Gasteiger charge is 2.08. The van der Waals surface area contributed by atoms with E-state index in [1.165, 1.54) is 6.20 Å². The number of nitrogens with zero attached hydrogens (tertiary/aromatic N) is 1. The molecule has 0 bridgehead atoms. The Morgan fingerprint density at radius 3 is 2.82 bits per heavy atom. The number of esters is 1. The zero-order chi connectivity index (χ0) is 12.7. The third-order valence-corrected chi connectivity index (χ3v) is 1.94. The molecule has 0 saturated carbocycles. The lowest BCUT2D eigenvalue weighted by Crippen LogP contribution is -2.10. The molecule has 0 atom stereocenters. The van der Waals surface area contributed by atoms with Gasteiger partial charge in [0.05, 0.1) is 18.5 Å². The van der Waals surface area contributed by atoms with Crippen molar-refractivity contribution in [3.05, 3.63) is 35.8 Å². The quantitative estimate of drug-likeness (QED) is 0.274. The van der Waals surface area contributed by atoms with E-state index in [1.807, 2.05) is 13.0 Å². The van der Waals surface area contributed by atoms with Crippen molar-refractivity contribution in [2.75, 3.05) is 11.9 Å². The van der Waals surface area contributed by atoms with Crippen molar-refractivity contribution >= 4 is 17.9 Å². The number of hydrogen-bond acceptors (Lipinski definition) is 5. The molecule has 1 aromatic heterocycles. The molecule has 5 nitrogen and oxygen atoms in total. The minimum atomic E-state index is -0.643. The van der Waals surface area contributed by atoms with Gasteiger partial charge in [-0.3, -0.25) is 9.78 Å². The van der Waals surface area contributed by atoms with Crippen LogP contribution in [0.4, 0.5) is 5.69 Å². The fourth-order valence-corrected chi connectivity index (χ4v) is 1.07. The molecule has 0 saturated heterocycles. The van der Waals surface area contributed by atoms with E-state index >= 15 is 0 Å². The summed E-state index contributed by atoms with van der Waals surface area (Å²) in [7, 11) is 0. The Hall–Kier alpha value is -2.17. The van der Waals surface area contributed by atoms with Crippen LogP contribution in [0.1, 0.15) is 12.6 Å². The van der Waals surface area contributed by atoms with Crippen LogP contribution >= 0.6 is 0 Å². The van der Waals surface area contributed by atoms with Gasteiger partial charge >= 0.3 is 5.97 Å². The average molecular weight is 234 g/mol. The average Bonchev–Trinajstić information content (AvgIpc) is 2.32. The first-order chi connectivity index (χ1) is 8.17. The van der Waals surface area contributed by atoms with Gasteiger partial charge in [0.2, 0.25) is 0 Å². The molecule has 0 aliphatic rings. The fraction of sp³-hybridized carbons (Fsp3) is 0.250. The van der Waals surface area contributed by atoms with Gasteiger partial charge < -0.3 is 10.1 Å². The van der Waals surface area contributed by atoms with Gasteiger partial charge in [-0.05, 0) is 26.0 Å². The number of nitrogens with one attached hydrogen (secondary N) is 1. The number of hydrogen-bond donors (Lipinski definition) is 1. The molecular formula is C12H14N2O3. The number of carbonyl (C=O) groups excluding carboxylic acids is 2. The molecule has 0 spiro atoms. The summed E-state index contributed by atoms with van der Waals surface area (Å²) in [5.41, 5.74) is 1.52. The predicted octanol–water partition coefficient (Wildman–Crippen LogP) is 1.45. The summed E-state index contributed by atoms with van der Waals surface area (Å²) in [6, 6.07) is 3.62. The van der Waals surface area contributed by atoms with Crippen LogP contribution in [0, 0.1) is 6.92 Å². The van der Waals surface area contributed by atoms with E-state index < -0.39 is 5.97 Å². The maximum absolute atomic E-state index is 11.3. The Balaban J connectivity index is 2.70. The number of pyridine rings is 1. The summed E-state index contributed by atoms with van der Waals surface area (Å²) >= 11 is 0. The van der Waals surface area contributed by atoms with Gasteiger partial charge in [-0.25, -0.2) is 4.79 Å². The molecule has 0 fully saturated rings. The van der Waals surface area contributed by atoms with E-state index in [4.69, 9.17) is 4.74 Å². The first-order valence-electron chi connectivity index (χ1n) is 5.19. The van der Waals surface area contributed by atoms with E-state index in [2.05, 4.69) is 10.3 Å². The smallest absolute Gasteiger partial charge is 0.342 e. The monoisotopic (exact) mass is 234 g/mol. The number of rotatable bonds is 5. The molecule has 0 radical (unpaired) electrons. The van der Waals surface area contributed by atoms with E-state index in [0.717, 1.165) is 5.69 Å². The molecule has 0 aliphatic carbocycles. The third-order valence-electron chi connectivity index (χ3n) is 1.94. The Kier molecular flexibility index (Phi) is 4.87. The van der Waals surface area contributed by atoms with E-state index in [0.29, 0.717) is 12.0 Å². The molecule has 17 heavy (non-hydrogen) atoms. The molecule has 0 aromatic carbocycles. The van der Waals surface area contributed by atoms with Crippen molar-refractivity contribution in [3.8, 4) is 0 Å². The number of ether oxygens (including phenoxy) is 1. The van der Waals surface area contributed by atoms with Crippen molar-refractivity contribution in [1.82, 2.24) is 4.98 Å². The molecule has 0 unspecified atom stereocenters. The van der Waals surface area contributed by atoms with Crippen LogP contribution < -0.4 is 5.32 Å². The van der Waals surface area contributed by atoms with Crippen molar-refractivity contribution in [2.24, 2.45) is 0 Å². The van der Waals surface area contributed by atoms with Gasteiger partial charge in [-0.1, -0.05) is 0 Å². The lowest BCUT2D eigenvalue weighted by Gasteiger charge is -2.03. The molecule has 1 heterocycles. The molecule has 5 heteroatoms. The Bertz CT molecular complexity index is 424. The Morgan fingerprint density at radius 1 is 1.53 bits per heavy atom. The minimum absolute atomic E-state index is 0.0626. The van der Waals surface area contributed by atoms with Crippen molar-refractivity contribution in [1.29, 1.82) is 0 Å². The Morgan fingerprint density at radius 2 is 2.29 bits per heavy atom. The van der Waals surface area contributed by atoms with Gasteiger partial charge in [0, 0.05) is 11.9 Å². The fourth-order valence-electron chi connectivity index (χ4n) is 1.07. The number of aromatic nitrogens is 1. The second-order valence-electron chi connectivity index (χ2n) is 3.27. The number of carbonyl (C=O) groups is 2. The first-order valence-corrected chi connectivity index (χ1v) is 5.19. The molecule has 0 aliphatic heterocycles. The maximum atomic E-state index is 11.3. The summed E-state index contributed by atoms with van der Waals surface area (Å²) in [4.78, 5) is 26.0. The van der Waals surface area contributed by atoms with Crippen LogP contribution in [0.2, 0.25) is 0 Å². The number of aldehydes is 1. The molecular weight excluding hydrogens is 220 g/mol. The van der Waals surface area contributed by atoms with Crippen molar-refractivity contribution in [2.45, 2.75) is 13.8 Å². The maximum Gasteiger partial charge on any atom is 0.342 e. The largest absolute Gasteiger partial charge is 0.462 e. The highest BCUT2D eigenvalue weighted by atomic mass is 16.5. The summed E-state index contributed by atoms with van der Waals surface area (Å²) in [5, 5.41) is 2.81. The zero-order valence-corrected chi connectivity index (χ0v) is 9.77. The van der Waals surface area contributed by atoms with E-state index in [-0.39, 0.29) is 12.2 Å². The van der Waals surface area contributed by atoms with Crippen LogP contribution in [0.3, 0.4) is 0 Å². The predicted molar refractivity (Wildman–Crippen MR) is 63.4 cm³/mol. The second kappa shape index (κ2) is 6.42. The van der Waals surface area contributed by atoms with Crippen LogP contribution in [0.25, 0.3) is 0 Å². The second-order valence-corrected chi connectivity index (χ2v) is 3.27. The lowest BCUT2D eigenvalue weighted by molar-refractivity contribution is -0.139. The zero-order valence-electron chi connectivity index (χ0n) is 9.77. The normalized spacial score (nSPS) is 10.8. The summed E-state index contributed by atoms with van der Waals surface area (Å²) < 4.78 is 4.71. The van der Waals surface area contributed by atoms with Crippen molar-refractivity contribution < 1.29 is 14.3 Å². The SMILES string of the molecule is CCOC(=O)/C(C=O)=C/Nc1ccc(C)nc1. The van der Waals surface area contributed by atoms with Crippen LogP contribution in [-0.4, -0.2) is 23.8 Å². The number of aryl methyl sites for hydroxylation is 1. The first kappa shape index (κ1) is 12.9. The summed E-state index contributed by atoms with van der Waals surface area (Å²) in [6.07, 6.45) is 3.36. The van der Waals surface area contributed by atoms with Gasteiger partial charge in [-0.15, -0.1) is 0 Å². The van der Waals surface area contributed by atoms with Gasteiger partial charge in [0.25, 0.3) is 0 Å². The third kappa shape index (κ3) is 4.06. The van der Waals surface area contributed by atoms with Gasteiger partial charge in [0.1, 0.15) is 5.57 Å². The highest BCUT2D eigenvalue weighted by Crippen LogP contribution is 2.06.